The first-order chi connectivity index (χ1) is 8.18. The van der Waals surface area contributed by atoms with Gasteiger partial charge in [-0.1, -0.05) is 54.7 Å². The molecule has 0 spiro atoms. The number of benzene rings is 2. The van der Waals surface area contributed by atoms with Crippen molar-refractivity contribution in [3.05, 3.63) is 42.5 Å². The molecule has 0 bridgehead atoms. The van der Waals surface area contributed by atoms with Crippen molar-refractivity contribution < 1.29 is 9.09 Å². The van der Waals surface area contributed by atoms with Crippen LogP contribution in [0.3, 0.4) is 0 Å². The molecule has 2 aromatic carbocycles. The third-order valence-electron chi connectivity index (χ3n) is 2.65. The summed E-state index contributed by atoms with van der Waals surface area (Å²) in [5, 5.41) is 2.12. The highest BCUT2D eigenvalue weighted by Gasteiger charge is 2.21. The lowest BCUT2D eigenvalue weighted by Gasteiger charge is -2.16. The Bertz CT molecular complexity index is 555. The van der Waals surface area contributed by atoms with Gasteiger partial charge in [0.25, 0.3) is 0 Å². The summed E-state index contributed by atoms with van der Waals surface area (Å²) < 4.78 is 18.0. The predicted molar refractivity (Wildman–Crippen MR) is 76.2 cm³/mol. The highest BCUT2D eigenvalue weighted by Crippen LogP contribution is 2.57. The molecule has 2 aromatic rings. The number of hydrogen-bond acceptors (Lipinski definition) is 3. The van der Waals surface area contributed by atoms with Crippen molar-refractivity contribution in [1.29, 1.82) is 0 Å². The highest BCUT2D eigenvalue weighted by molar-refractivity contribution is 8.56. The molecule has 0 saturated carbocycles. The van der Waals surface area contributed by atoms with Crippen LogP contribution in [-0.2, 0) is 4.57 Å². The van der Waals surface area contributed by atoms with Gasteiger partial charge in [-0.2, -0.15) is 0 Å². The van der Waals surface area contributed by atoms with Crippen LogP contribution in [0.5, 0.6) is 5.75 Å². The van der Waals surface area contributed by atoms with Crippen molar-refractivity contribution in [3.63, 3.8) is 0 Å². The summed E-state index contributed by atoms with van der Waals surface area (Å²) in [5.41, 5.74) is 0. The first kappa shape index (κ1) is 12.5. The van der Waals surface area contributed by atoms with E-state index in [1.165, 1.54) is 11.4 Å². The van der Waals surface area contributed by atoms with E-state index in [1.54, 1.807) is 0 Å². The molecule has 0 fully saturated rings. The molecule has 1 atom stereocenters. The van der Waals surface area contributed by atoms with E-state index >= 15 is 0 Å². The Labute approximate surface area is 106 Å². The molecule has 2 nitrogen and oxygen atoms in total. The zero-order valence-electron chi connectivity index (χ0n) is 9.92. The van der Waals surface area contributed by atoms with Gasteiger partial charge in [-0.15, -0.1) is 0 Å². The Morgan fingerprint density at radius 1 is 1.18 bits per heavy atom. The van der Waals surface area contributed by atoms with Gasteiger partial charge >= 0.3 is 6.57 Å². The summed E-state index contributed by atoms with van der Waals surface area (Å²) in [7, 11) is 0. The Morgan fingerprint density at radius 3 is 2.59 bits per heavy atom. The standard InChI is InChI=1S/C13H15O2PS/c1-3-16(14,17-2)15-13-10-6-8-11-7-4-5-9-12(11)13/h4-10H,3H2,1-2H3. The third-order valence-corrected chi connectivity index (χ3v) is 7.13. The maximum absolute atomic E-state index is 12.3. The average molecular weight is 266 g/mol. The lowest BCUT2D eigenvalue weighted by molar-refractivity contribution is 0.503. The van der Waals surface area contributed by atoms with Crippen LogP contribution in [0.15, 0.2) is 42.5 Å². The van der Waals surface area contributed by atoms with E-state index in [9.17, 15) is 4.57 Å². The third kappa shape index (κ3) is 2.67. The molecule has 0 amide bonds. The van der Waals surface area contributed by atoms with E-state index in [4.69, 9.17) is 4.52 Å². The van der Waals surface area contributed by atoms with Crippen molar-refractivity contribution in [2.24, 2.45) is 0 Å². The largest absolute Gasteiger partial charge is 0.435 e. The molecule has 0 aliphatic rings. The molecule has 0 aromatic heterocycles. The highest BCUT2D eigenvalue weighted by atomic mass is 32.7. The summed E-state index contributed by atoms with van der Waals surface area (Å²) in [4.78, 5) is 0. The average Bonchev–Trinajstić information content (AvgIpc) is 2.39. The van der Waals surface area contributed by atoms with Crippen molar-refractivity contribution in [1.82, 2.24) is 0 Å². The molecule has 0 saturated heterocycles. The van der Waals surface area contributed by atoms with Crippen molar-refractivity contribution in [2.45, 2.75) is 6.92 Å². The van der Waals surface area contributed by atoms with Crippen molar-refractivity contribution >= 4 is 28.7 Å². The summed E-state index contributed by atoms with van der Waals surface area (Å²) >= 11 is 1.31. The number of hydrogen-bond donors (Lipinski definition) is 0. The van der Waals surface area contributed by atoms with E-state index in [2.05, 4.69) is 0 Å². The van der Waals surface area contributed by atoms with Crippen LogP contribution in [0, 0.1) is 0 Å². The topological polar surface area (TPSA) is 26.3 Å². The van der Waals surface area contributed by atoms with E-state index in [-0.39, 0.29) is 0 Å². The summed E-state index contributed by atoms with van der Waals surface area (Å²) in [5.74, 6) is 0.711. The molecule has 0 radical (unpaired) electrons. The number of fused-ring (bicyclic) bond motifs is 1. The van der Waals surface area contributed by atoms with Gasteiger partial charge in [0.15, 0.2) is 0 Å². The lowest BCUT2D eigenvalue weighted by atomic mass is 10.1. The quantitative estimate of drug-likeness (QED) is 0.744. The molecule has 0 aliphatic carbocycles. The fraction of sp³-hybridized carbons (Fsp3) is 0.231. The van der Waals surface area contributed by atoms with Crippen molar-refractivity contribution in [2.75, 3.05) is 12.4 Å². The molecule has 0 N–H and O–H groups in total. The molecule has 4 heteroatoms. The SMILES string of the molecule is CCP(=O)(Oc1cccc2ccccc12)SC. The molecule has 0 aliphatic heterocycles. The van der Waals surface area contributed by atoms with E-state index in [0.29, 0.717) is 11.9 Å². The van der Waals surface area contributed by atoms with Gasteiger partial charge in [0, 0.05) is 11.5 Å². The van der Waals surface area contributed by atoms with Crippen molar-refractivity contribution in [3.8, 4) is 5.75 Å². The van der Waals surface area contributed by atoms with E-state index < -0.39 is 6.57 Å². The zero-order valence-corrected chi connectivity index (χ0v) is 11.6. The predicted octanol–water partition coefficient (Wildman–Crippen LogP) is 4.79. The molecule has 17 heavy (non-hydrogen) atoms. The minimum Gasteiger partial charge on any atom is -0.435 e. The summed E-state index contributed by atoms with van der Waals surface area (Å²) in [6, 6.07) is 13.8. The minimum atomic E-state index is -2.59. The Morgan fingerprint density at radius 2 is 1.88 bits per heavy atom. The van der Waals surface area contributed by atoms with E-state index in [1.807, 2.05) is 55.6 Å². The van der Waals surface area contributed by atoms with Crippen LogP contribution in [0.2, 0.25) is 0 Å². The van der Waals surface area contributed by atoms with Gasteiger partial charge in [0.2, 0.25) is 0 Å². The second-order valence-electron chi connectivity index (χ2n) is 3.68. The first-order valence-electron chi connectivity index (χ1n) is 5.50. The molecule has 0 heterocycles. The summed E-state index contributed by atoms with van der Waals surface area (Å²) in [6.07, 6.45) is 2.37. The minimum absolute atomic E-state index is 0.539. The van der Waals surface area contributed by atoms with Crippen LogP contribution in [0.25, 0.3) is 10.8 Å². The molecule has 2 rings (SSSR count). The summed E-state index contributed by atoms with van der Waals surface area (Å²) in [6.45, 7) is -0.699. The van der Waals surface area contributed by atoms with Gasteiger partial charge in [-0.05, 0) is 17.7 Å². The monoisotopic (exact) mass is 266 g/mol. The molecule has 1 unspecified atom stereocenters. The number of rotatable bonds is 4. The maximum Gasteiger partial charge on any atom is 0.302 e. The second-order valence-corrected chi connectivity index (χ2v) is 8.84. The fourth-order valence-corrected chi connectivity index (χ4v) is 3.82. The zero-order chi connectivity index (χ0) is 12.3. The van der Waals surface area contributed by atoms with E-state index in [0.717, 1.165) is 10.8 Å². The molecular formula is C13H15O2PS. The van der Waals surface area contributed by atoms with Gasteiger partial charge < -0.3 is 4.52 Å². The van der Waals surface area contributed by atoms with Crippen LogP contribution in [0.1, 0.15) is 6.92 Å². The maximum atomic E-state index is 12.3. The van der Waals surface area contributed by atoms with Gasteiger partial charge in [-0.3, -0.25) is 4.57 Å². The van der Waals surface area contributed by atoms with Gasteiger partial charge in [0.05, 0.1) is 0 Å². The normalized spacial score (nSPS) is 14.5. The van der Waals surface area contributed by atoms with Crippen LogP contribution >= 0.6 is 18.0 Å². The van der Waals surface area contributed by atoms with Crippen LogP contribution < -0.4 is 4.52 Å². The second kappa shape index (κ2) is 5.16. The molecule has 90 valence electrons. The first-order valence-corrected chi connectivity index (χ1v) is 9.14. The Hall–Kier alpha value is -0.920. The van der Waals surface area contributed by atoms with Crippen LogP contribution in [0.4, 0.5) is 0 Å². The van der Waals surface area contributed by atoms with Gasteiger partial charge in [0.1, 0.15) is 5.75 Å². The Kier molecular flexibility index (Phi) is 3.80. The molecular weight excluding hydrogens is 251 g/mol. The fourth-order valence-electron chi connectivity index (χ4n) is 1.66. The van der Waals surface area contributed by atoms with Gasteiger partial charge in [-0.25, -0.2) is 0 Å². The van der Waals surface area contributed by atoms with Crippen LogP contribution in [-0.4, -0.2) is 12.4 Å². The lowest BCUT2D eigenvalue weighted by Crippen LogP contribution is -1.92. The Balaban J connectivity index is 2.46. The smallest absolute Gasteiger partial charge is 0.302 e.